The topological polar surface area (TPSA) is 110 Å². The molecule has 0 bridgehead atoms. The van der Waals surface area contributed by atoms with Crippen LogP contribution in [0.15, 0.2) is 29.1 Å². The standard InChI is InChI=1S/C25H33N5O3S/c1-4-30-23(33)21(34-24(30)20(15-26)22(32)28-25(2,3)17-31)16-27-19-9-7-8-18(14-19)10-13-29-11-5-6-12-29/h7-9,14,16,27,31H,4-6,10-13,17H2,1-3H3,(H,28,32)/b21-16+,24-20-. The molecule has 1 fully saturated rings. The minimum Gasteiger partial charge on any atom is -0.394 e. The molecule has 3 rings (SSSR count). The molecule has 1 aromatic carbocycles. The molecule has 9 heteroatoms. The Hall–Kier alpha value is -2.93. The van der Waals surface area contributed by atoms with Gasteiger partial charge in [-0.05, 0) is 70.8 Å². The number of hydrogen-bond donors (Lipinski definition) is 3. The summed E-state index contributed by atoms with van der Waals surface area (Å²) in [6.07, 6.45) is 5.16. The zero-order valence-corrected chi connectivity index (χ0v) is 20.9. The second-order valence-corrected chi connectivity index (χ2v) is 10.1. The quantitative estimate of drug-likeness (QED) is 0.491. The second-order valence-electron chi connectivity index (χ2n) is 9.09. The van der Waals surface area contributed by atoms with E-state index in [-0.39, 0.29) is 17.7 Å². The smallest absolute Gasteiger partial charge is 0.270 e. The van der Waals surface area contributed by atoms with Crippen molar-refractivity contribution in [2.24, 2.45) is 0 Å². The molecule has 34 heavy (non-hydrogen) atoms. The molecule has 8 nitrogen and oxygen atoms in total. The lowest BCUT2D eigenvalue weighted by atomic mass is 10.1. The molecule has 0 spiro atoms. The van der Waals surface area contributed by atoms with E-state index in [1.165, 1.54) is 36.1 Å². The molecular weight excluding hydrogens is 450 g/mol. The monoisotopic (exact) mass is 483 g/mol. The normalized spacial score (nSPS) is 15.8. The Morgan fingerprint density at radius 3 is 2.71 bits per heavy atom. The number of benzene rings is 1. The molecule has 0 aliphatic carbocycles. The summed E-state index contributed by atoms with van der Waals surface area (Å²) in [5.41, 5.74) is 0.815. The number of rotatable bonds is 9. The minimum absolute atomic E-state index is 0.144. The maximum absolute atomic E-state index is 12.9. The molecule has 1 aromatic heterocycles. The van der Waals surface area contributed by atoms with Crippen LogP contribution in [0.3, 0.4) is 0 Å². The van der Waals surface area contributed by atoms with Gasteiger partial charge in [-0.1, -0.05) is 12.1 Å². The number of amides is 1. The summed E-state index contributed by atoms with van der Waals surface area (Å²) in [6, 6.07) is 10.1. The van der Waals surface area contributed by atoms with Crippen LogP contribution in [0.25, 0.3) is 11.8 Å². The van der Waals surface area contributed by atoms with Crippen molar-refractivity contribution >= 4 is 34.7 Å². The van der Waals surface area contributed by atoms with Crippen LogP contribution in [-0.4, -0.2) is 52.3 Å². The van der Waals surface area contributed by atoms with Crippen molar-refractivity contribution in [3.63, 3.8) is 0 Å². The minimum atomic E-state index is -0.885. The van der Waals surface area contributed by atoms with Gasteiger partial charge in [-0.25, -0.2) is 0 Å². The van der Waals surface area contributed by atoms with E-state index in [9.17, 15) is 20.0 Å². The van der Waals surface area contributed by atoms with Gasteiger partial charge in [-0.2, -0.15) is 5.26 Å². The summed E-state index contributed by atoms with van der Waals surface area (Å²) in [4.78, 5) is 28.1. The SMILES string of the molecule is CCn1c(=O)/c(=C\Nc2cccc(CCN3CCCC3)c2)s/c1=C(/C#N)C(=O)NC(C)(C)CO. The summed E-state index contributed by atoms with van der Waals surface area (Å²) >= 11 is 1.10. The third kappa shape index (κ3) is 6.35. The number of nitrogens with zero attached hydrogens (tertiary/aromatic N) is 3. The molecule has 182 valence electrons. The van der Waals surface area contributed by atoms with Crippen LogP contribution in [0, 0.1) is 11.3 Å². The van der Waals surface area contributed by atoms with E-state index in [0.717, 1.165) is 30.0 Å². The summed E-state index contributed by atoms with van der Waals surface area (Å²) in [7, 11) is 0. The summed E-state index contributed by atoms with van der Waals surface area (Å²) in [5.74, 6) is -0.616. The Morgan fingerprint density at radius 1 is 1.32 bits per heavy atom. The van der Waals surface area contributed by atoms with E-state index in [1.54, 1.807) is 27.0 Å². The number of anilines is 1. The van der Waals surface area contributed by atoms with Crippen molar-refractivity contribution in [1.29, 1.82) is 5.26 Å². The molecule has 0 radical (unpaired) electrons. The Morgan fingerprint density at radius 2 is 2.06 bits per heavy atom. The average molecular weight is 484 g/mol. The number of aliphatic hydroxyl groups is 1. The lowest BCUT2D eigenvalue weighted by Gasteiger charge is -2.22. The van der Waals surface area contributed by atoms with Crippen molar-refractivity contribution in [2.45, 2.75) is 52.1 Å². The Balaban J connectivity index is 1.87. The highest BCUT2D eigenvalue weighted by Crippen LogP contribution is 2.13. The van der Waals surface area contributed by atoms with Crippen LogP contribution in [0.2, 0.25) is 0 Å². The number of thiazole rings is 1. The van der Waals surface area contributed by atoms with Gasteiger partial charge in [0.15, 0.2) is 5.57 Å². The fraction of sp³-hybridized carbons (Fsp3) is 0.480. The van der Waals surface area contributed by atoms with Crippen molar-refractivity contribution < 1.29 is 9.90 Å². The highest BCUT2D eigenvalue weighted by molar-refractivity contribution is 7.07. The van der Waals surface area contributed by atoms with Crippen molar-refractivity contribution in [3.05, 3.63) is 49.4 Å². The van der Waals surface area contributed by atoms with E-state index in [4.69, 9.17) is 0 Å². The van der Waals surface area contributed by atoms with Gasteiger partial charge < -0.3 is 20.6 Å². The summed E-state index contributed by atoms with van der Waals surface area (Å²) < 4.78 is 2.13. The number of carbonyl (C=O) groups excluding carboxylic acids is 1. The largest absolute Gasteiger partial charge is 0.394 e. The van der Waals surface area contributed by atoms with Gasteiger partial charge in [0.05, 0.1) is 12.1 Å². The maximum Gasteiger partial charge on any atom is 0.270 e. The van der Waals surface area contributed by atoms with Crippen LogP contribution >= 0.6 is 11.3 Å². The Bertz CT molecular complexity index is 1230. The highest BCUT2D eigenvalue weighted by atomic mass is 32.1. The third-order valence-electron chi connectivity index (χ3n) is 5.84. The number of carbonyl (C=O) groups is 1. The molecule has 2 heterocycles. The zero-order chi connectivity index (χ0) is 24.7. The van der Waals surface area contributed by atoms with E-state index >= 15 is 0 Å². The Labute approximate surface area is 203 Å². The molecule has 0 atom stereocenters. The number of nitriles is 1. The first-order valence-corrected chi connectivity index (χ1v) is 12.4. The Kier molecular flexibility index (Phi) is 8.67. The van der Waals surface area contributed by atoms with Gasteiger partial charge in [0.2, 0.25) is 0 Å². The lowest BCUT2D eigenvalue weighted by molar-refractivity contribution is -0.117. The van der Waals surface area contributed by atoms with Gasteiger partial charge in [0.25, 0.3) is 11.5 Å². The number of likely N-dealkylation sites (tertiary alicyclic amines) is 1. The first-order valence-electron chi connectivity index (χ1n) is 11.6. The average Bonchev–Trinajstić information content (AvgIpc) is 3.44. The van der Waals surface area contributed by atoms with Gasteiger partial charge in [0, 0.05) is 25.0 Å². The molecule has 1 saturated heterocycles. The van der Waals surface area contributed by atoms with Crippen LogP contribution in [0.1, 0.15) is 39.2 Å². The van der Waals surface area contributed by atoms with Gasteiger partial charge in [-0.15, -0.1) is 11.3 Å². The molecule has 1 aliphatic rings. The first kappa shape index (κ1) is 25.7. The number of aromatic nitrogens is 1. The fourth-order valence-corrected chi connectivity index (χ4v) is 4.94. The predicted octanol–water partition coefficient (Wildman–Crippen LogP) is 0.979. The van der Waals surface area contributed by atoms with Crippen LogP contribution in [-0.2, 0) is 17.8 Å². The van der Waals surface area contributed by atoms with Crippen molar-refractivity contribution in [1.82, 2.24) is 14.8 Å². The van der Waals surface area contributed by atoms with Crippen LogP contribution < -0.4 is 25.4 Å². The molecule has 0 saturated carbocycles. The van der Waals surface area contributed by atoms with Crippen LogP contribution in [0.4, 0.5) is 5.69 Å². The lowest BCUT2D eigenvalue weighted by Crippen LogP contribution is -2.47. The molecule has 0 unspecified atom stereocenters. The van der Waals surface area contributed by atoms with Gasteiger partial charge in [-0.3, -0.25) is 14.2 Å². The van der Waals surface area contributed by atoms with Gasteiger partial charge in [0.1, 0.15) is 15.3 Å². The van der Waals surface area contributed by atoms with E-state index in [1.807, 2.05) is 18.2 Å². The third-order valence-corrected chi connectivity index (χ3v) is 6.97. The predicted molar refractivity (Wildman–Crippen MR) is 136 cm³/mol. The van der Waals surface area contributed by atoms with Crippen LogP contribution in [0.5, 0.6) is 0 Å². The molecule has 1 amide bonds. The fourth-order valence-electron chi connectivity index (χ4n) is 3.86. The number of nitrogens with one attached hydrogen (secondary N) is 2. The first-order chi connectivity index (χ1) is 16.3. The summed E-state index contributed by atoms with van der Waals surface area (Å²) in [6.45, 7) is 8.55. The van der Waals surface area contributed by atoms with Gasteiger partial charge >= 0.3 is 0 Å². The molecule has 2 aromatic rings. The summed E-state index contributed by atoms with van der Waals surface area (Å²) in [5, 5.41) is 24.9. The van der Waals surface area contributed by atoms with E-state index in [2.05, 4.69) is 27.7 Å². The molecular formula is C25H33N5O3S. The molecule has 3 N–H and O–H groups in total. The van der Waals surface area contributed by atoms with Crippen molar-refractivity contribution in [3.8, 4) is 6.07 Å². The van der Waals surface area contributed by atoms with E-state index < -0.39 is 11.4 Å². The highest BCUT2D eigenvalue weighted by Gasteiger charge is 2.23. The maximum atomic E-state index is 12.9. The number of aliphatic hydroxyl groups excluding tert-OH is 1. The number of hydrogen-bond acceptors (Lipinski definition) is 7. The van der Waals surface area contributed by atoms with E-state index in [0.29, 0.717) is 15.7 Å². The second kappa shape index (κ2) is 11.5. The zero-order valence-electron chi connectivity index (χ0n) is 20.1. The molecule has 1 aliphatic heterocycles. The van der Waals surface area contributed by atoms with Crippen molar-refractivity contribution in [2.75, 3.05) is 31.6 Å².